The number of fused-ring (bicyclic) bond motifs is 1. The van der Waals surface area contributed by atoms with Gasteiger partial charge >= 0.3 is 0 Å². The van der Waals surface area contributed by atoms with E-state index in [-0.39, 0.29) is 0 Å². The van der Waals surface area contributed by atoms with Crippen LogP contribution in [0.5, 0.6) is 0 Å². The maximum atomic E-state index is 3.68. The fourth-order valence-corrected chi connectivity index (χ4v) is 5.18. The maximum Gasteiger partial charge on any atom is 0.0542 e. The number of benzene rings is 1. The number of hydrogen-bond donors (Lipinski definition) is 1. The number of thioether (sulfide) groups is 1. The minimum Gasteiger partial charge on any atom is -0.309 e. The van der Waals surface area contributed by atoms with Gasteiger partial charge in [0.2, 0.25) is 0 Å². The Kier molecular flexibility index (Phi) is 3.96. The predicted molar refractivity (Wildman–Crippen MR) is 85.3 cm³/mol. The molecule has 0 spiro atoms. The van der Waals surface area contributed by atoms with Crippen LogP contribution in [-0.2, 0) is 6.42 Å². The molecule has 0 saturated carbocycles. The van der Waals surface area contributed by atoms with Crippen LogP contribution < -0.4 is 5.32 Å². The summed E-state index contributed by atoms with van der Waals surface area (Å²) in [6, 6.07) is 13.8. The zero-order chi connectivity index (χ0) is 13.2. The van der Waals surface area contributed by atoms with Crippen LogP contribution in [0.1, 0.15) is 28.3 Å². The number of hydrogen-bond acceptors (Lipinski definition) is 3. The molecule has 19 heavy (non-hydrogen) atoms. The van der Waals surface area contributed by atoms with Crippen LogP contribution in [0.2, 0.25) is 0 Å². The average Bonchev–Trinajstić information content (AvgIpc) is 3.01. The van der Waals surface area contributed by atoms with E-state index < -0.39 is 0 Å². The minimum atomic E-state index is 0.473. The molecule has 1 nitrogen and oxygen atoms in total. The summed E-state index contributed by atoms with van der Waals surface area (Å²) in [7, 11) is 0. The molecule has 2 aromatic rings. The zero-order valence-electron chi connectivity index (χ0n) is 11.3. The molecule has 2 atom stereocenters. The normalized spacial score (nSPS) is 19.4. The van der Waals surface area contributed by atoms with Gasteiger partial charge in [-0.1, -0.05) is 25.1 Å². The predicted octanol–water partition coefficient (Wildman–Crippen LogP) is 4.42. The third kappa shape index (κ3) is 2.73. The maximum absolute atomic E-state index is 3.68. The molecule has 100 valence electrons. The van der Waals surface area contributed by atoms with Crippen molar-refractivity contribution in [1.29, 1.82) is 0 Å². The van der Waals surface area contributed by atoms with E-state index in [1.807, 2.05) is 23.1 Å². The second-order valence-corrected chi connectivity index (χ2v) is 7.55. The molecule has 0 bridgehead atoms. The second kappa shape index (κ2) is 5.70. The van der Waals surface area contributed by atoms with Gasteiger partial charge in [-0.3, -0.25) is 0 Å². The van der Waals surface area contributed by atoms with Crippen molar-refractivity contribution in [1.82, 2.24) is 5.32 Å². The smallest absolute Gasteiger partial charge is 0.0542 e. The fourth-order valence-electron chi connectivity index (χ4n) is 2.65. The Morgan fingerprint density at radius 3 is 2.79 bits per heavy atom. The van der Waals surface area contributed by atoms with E-state index in [2.05, 4.69) is 55.6 Å². The zero-order valence-corrected chi connectivity index (χ0v) is 13.0. The molecule has 3 rings (SSSR count). The third-order valence-corrected chi connectivity index (χ3v) is 6.01. The topological polar surface area (TPSA) is 12.0 Å². The van der Waals surface area contributed by atoms with Gasteiger partial charge in [0.25, 0.3) is 0 Å². The summed E-state index contributed by atoms with van der Waals surface area (Å²) >= 11 is 3.96. The molecule has 1 aromatic carbocycles. The van der Waals surface area contributed by atoms with E-state index in [0.29, 0.717) is 11.3 Å². The van der Waals surface area contributed by atoms with Gasteiger partial charge in [-0.25, -0.2) is 0 Å². The van der Waals surface area contributed by atoms with Crippen molar-refractivity contribution in [2.24, 2.45) is 0 Å². The summed E-state index contributed by atoms with van der Waals surface area (Å²) in [6.45, 7) is 5.41. The Labute approximate surface area is 123 Å². The molecule has 0 radical (unpaired) electrons. The van der Waals surface area contributed by atoms with Crippen molar-refractivity contribution < 1.29 is 0 Å². The highest BCUT2D eigenvalue weighted by atomic mass is 32.2. The minimum absolute atomic E-state index is 0.473. The van der Waals surface area contributed by atoms with Crippen molar-refractivity contribution in [2.75, 3.05) is 6.54 Å². The van der Waals surface area contributed by atoms with Crippen molar-refractivity contribution in [3.8, 4) is 0 Å². The van der Waals surface area contributed by atoms with Crippen LogP contribution in [0, 0.1) is 6.92 Å². The van der Waals surface area contributed by atoms with Gasteiger partial charge in [-0.2, -0.15) is 0 Å². The first-order valence-corrected chi connectivity index (χ1v) is 8.52. The Morgan fingerprint density at radius 1 is 1.26 bits per heavy atom. The van der Waals surface area contributed by atoms with Crippen LogP contribution in [0.3, 0.4) is 0 Å². The van der Waals surface area contributed by atoms with Gasteiger partial charge < -0.3 is 5.32 Å². The van der Waals surface area contributed by atoms with Crippen LogP contribution in [0.15, 0.2) is 41.3 Å². The van der Waals surface area contributed by atoms with E-state index in [9.17, 15) is 0 Å². The standard InChI is InChI=1S/C16H19NS2/c1-3-17-16(14-9-8-11(2)18-14)15-10-12-6-4-5-7-13(12)19-15/h4-9,15-17H,3,10H2,1-2H3. The summed E-state index contributed by atoms with van der Waals surface area (Å²) in [4.78, 5) is 4.34. The molecule has 0 saturated heterocycles. The highest BCUT2D eigenvalue weighted by molar-refractivity contribution is 8.00. The molecule has 1 aromatic heterocycles. The van der Waals surface area contributed by atoms with Crippen molar-refractivity contribution in [3.63, 3.8) is 0 Å². The molecule has 2 unspecified atom stereocenters. The van der Waals surface area contributed by atoms with E-state index in [1.54, 1.807) is 0 Å². The van der Waals surface area contributed by atoms with Gasteiger partial charge in [0.1, 0.15) is 0 Å². The molecule has 1 N–H and O–H groups in total. The quantitative estimate of drug-likeness (QED) is 0.894. The van der Waals surface area contributed by atoms with Gasteiger partial charge in [0.05, 0.1) is 6.04 Å². The number of thiophene rings is 1. The van der Waals surface area contributed by atoms with Crippen LogP contribution in [-0.4, -0.2) is 11.8 Å². The van der Waals surface area contributed by atoms with Gasteiger partial charge in [-0.15, -0.1) is 23.1 Å². The van der Waals surface area contributed by atoms with Gasteiger partial charge in [0.15, 0.2) is 0 Å². The summed E-state index contributed by atoms with van der Waals surface area (Å²) in [6.07, 6.45) is 1.18. The lowest BCUT2D eigenvalue weighted by Gasteiger charge is -2.22. The molecule has 0 aliphatic carbocycles. The SMILES string of the molecule is CCNC(c1ccc(C)s1)C1Cc2ccccc2S1. The molecule has 0 fully saturated rings. The first-order valence-electron chi connectivity index (χ1n) is 6.82. The second-order valence-electron chi connectivity index (χ2n) is 4.95. The van der Waals surface area contributed by atoms with Crippen molar-refractivity contribution in [3.05, 3.63) is 51.7 Å². The molecule has 0 amide bonds. The lowest BCUT2D eigenvalue weighted by Crippen LogP contribution is -2.29. The van der Waals surface area contributed by atoms with Crippen LogP contribution >= 0.6 is 23.1 Å². The number of nitrogens with one attached hydrogen (secondary N) is 1. The summed E-state index contributed by atoms with van der Waals surface area (Å²) in [5, 5.41) is 4.30. The molecular formula is C16H19NS2. The van der Waals surface area contributed by atoms with Crippen molar-refractivity contribution in [2.45, 2.75) is 36.5 Å². The Balaban J connectivity index is 1.83. The first-order chi connectivity index (χ1) is 9.28. The molecule has 3 heteroatoms. The largest absolute Gasteiger partial charge is 0.309 e. The highest BCUT2D eigenvalue weighted by Crippen LogP contribution is 2.43. The molecule has 2 heterocycles. The average molecular weight is 289 g/mol. The summed E-state index contributed by atoms with van der Waals surface area (Å²) in [5.74, 6) is 0. The number of aryl methyl sites for hydroxylation is 1. The van der Waals surface area contributed by atoms with E-state index >= 15 is 0 Å². The van der Waals surface area contributed by atoms with E-state index in [0.717, 1.165) is 6.54 Å². The van der Waals surface area contributed by atoms with E-state index in [4.69, 9.17) is 0 Å². The first kappa shape index (κ1) is 13.2. The van der Waals surface area contributed by atoms with Crippen LogP contribution in [0.25, 0.3) is 0 Å². The summed E-state index contributed by atoms with van der Waals surface area (Å²) < 4.78 is 0. The fraction of sp³-hybridized carbons (Fsp3) is 0.375. The molecule has 1 aliphatic rings. The van der Waals surface area contributed by atoms with Crippen LogP contribution in [0.4, 0.5) is 0 Å². The summed E-state index contributed by atoms with van der Waals surface area (Å²) in [5.41, 5.74) is 1.51. The Morgan fingerprint density at radius 2 is 2.11 bits per heavy atom. The van der Waals surface area contributed by atoms with Gasteiger partial charge in [-0.05, 0) is 43.7 Å². The third-order valence-electron chi connectivity index (χ3n) is 3.54. The highest BCUT2D eigenvalue weighted by Gasteiger charge is 2.30. The van der Waals surface area contributed by atoms with E-state index in [1.165, 1.54) is 26.6 Å². The monoisotopic (exact) mass is 289 g/mol. The Bertz CT molecular complexity index is 536. The Hall–Kier alpha value is -0.770. The molecule has 1 aliphatic heterocycles. The van der Waals surface area contributed by atoms with Gasteiger partial charge in [0, 0.05) is 19.9 Å². The van der Waals surface area contributed by atoms with Crippen molar-refractivity contribution >= 4 is 23.1 Å². The molecular weight excluding hydrogens is 270 g/mol. The lowest BCUT2D eigenvalue weighted by molar-refractivity contribution is 0.539. The lowest BCUT2D eigenvalue weighted by atomic mass is 10.0. The number of rotatable bonds is 4.